The third kappa shape index (κ3) is 2.25. The second kappa shape index (κ2) is 4.26. The molecule has 0 radical (unpaired) electrons. The minimum Gasteiger partial charge on any atom is -0.357 e. The molecule has 16 heavy (non-hydrogen) atoms. The first-order valence-corrected chi connectivity index (χ1v) is 5.57. The molecule has 0 aliphatic carbocycles. The molecule has 0 unspecified atom stereocenters. The molecule has 2 N–H and O–H groups in total. The van der Waals surface area contributed by atoms with Crippen LogP contribution in [0, 0.1) is 12.7 Å². The third-order valence-corrected chi connectivity index (χ3v) is 2.65. The van der Waals surface area contributed by atoms with Gasteiger partial charge in [0.15, 0.2) is 0 Å². The van der Waals surface area contributed by atoms with Crippen molar-refractivity contribution in [3.63, 3.8) is 0 Å². The van der Waals surface area contributed by atoms with Gasteiger partial charge in [0.1, 0.15) is 5.82 Å². The molecule has 0 spiro atoms. The van der Waals surface area contributed by atoms with Crippen LogP contribution in [0.2, 0.25) is 0 Å². The van der Waals surface area contributed by atoms with Gasteiger partial charge in [0.25, 0.3) is 0 Å². The molecule has 2 aromatic rings. The van der Waals surface area contributed by atoms with Gasteiger partial charge in [-0.2, -0.15) is 0 Å². The van der Waals surface area contributed by atoms with E-state index in [9.17, 15) is 4.39 Å². The average molecular weight is 220 g/mol. The molecule has 0 atom stereocenters. The van der Waals surface area contributed by atoms with Gasteiger partial charge in [-0.1, -0.05) is 13.8 Å². The first kappa shape index (κ1) is 11.1. The SMILES string of the molecule is Cc1cc(F)cc2cc(CNC(C)C)[nH]c12. The van der Waals surface area contributed by atoms with Gasteiger partial charge in [-0.25, -0.2) is 4.39 Å². The minimum absolute atomic E-state index is 0.174. The number of benzene rings is 1. The van der Waals surface area contributed by atoms with Crippen molar-refractivity contribution in [2.24, 2.45) is 0 Å². The number of halogens is 1. The van der Waals surface area contributed by atoms with Crippen LogP contribution in [-0.2, 0) is 6.54 Å². The van der Waals surface area contributed by atoms with Crippen molar-refractivity contribution in [1.82, 2.24) is 10.3 Å². The van der Waals surface area contributed by atoms with Crippen LogP contribution in [0.5, 0.6) is 0 Å². The molecule has 0 saturated carbocycles. The van der Waals surface area contributed by atoms with E-state index in [4.69, 9.17) is 0 Å². The largest absolute Gasteiger partial charge is 0.357 e. The van der Waals surface area contributed by atoms with Crippen molar-refractivity contribution in [1.29, 1.82) is 0 Å². The van der Waals surface area contributed by atoms with E-state index in [1.807, 2.05) is 13.0 Å². The number of aromatic amines is 1. The Morgan fingerprint density at radius 3 is 2.75 bits per heavy atom. The summed E-state index contributed by atoms with van der Waals surface area (Å²) in [6, 6.07) is 5.57. The Kier molecular flexibility index (Phi) is 2.97. The topological polar surface area (TPSA) is 27.8 Å². The molecule has 0 aliphatic rings. The van der Waals surface area contributed by atoms with E-state index in [-0.39, 0.29) is 5.82 Å². The van der Waals surface area contributed by atoms with Crippen LogP contribution in [-0.4, -0.2) is 11.0 Å². The van der Waals surface area contributed by atoms with Crippen molar-refractivity contribution in [3.8, 4) is 0 Å². The number of aromatic nitrogens is 1. The van der Waals surface area contributed by atoms with E-state index in [0.29, 0.717) is 6.04 Å². The lowest BCUT2D eigenvalue weighted by Gasteiger charge is -2.05. The summed E-state index contributed by atoms with van der Waals surface area (Å²) in [5.74, 6) is -0.174. The molecule has 2 nitrogen and oxygen atoms in total. The molecule has 0 bridgehead atoms. The Labute approximate surface area is 94.9 Å². The van der Waals surface area contributed by atoms with Crippen molar-refractivity contribution in [3.05, 3.63) is 35.3 Å². The standard InChI is InChI=1S/C13H17FN2/c1-8(2)15-7-12-6-10-5-11(14)4-9(3)13(10)16-12/h4-6,8,15-16H,7H2,1-3H3. The highest BCUT2D eigenvalue weighted by Gasteiger charge is 2.05. The molecule has 3 heteroatoms. The molecule has 0 amide bonds. The second-order valence-corrected chi connectivity index (χ2v) is 4.52. The zero-order chi connectivity index (χ0) is 11.7. The van der Waals surface area contributed by atoms with E-state index in [0.717, 1.165) is 28.7 Å². The van der Waals surface area contributed by atoms with Gasteiger partial charge in [0, 0.05) is 29.2 Å². The Balaban J connectivity index is 2.33. The van der Waals surface area contributed by atoms with Crippen LogP contribution < -0.4 is 5.32 Å². The molecule has 0 saturated heterocycles. The Morgan fingerprint density at radius 2 is 2.06 bits per heavy atom. The van der Waals surface area contributed by atoms with Gasteiger partial charge in [-0.05, 0) is 30.7 Å². The number of H-pyrrole nitrogens is 1. The summed E-state index contributed by atoms with van der Waals surface area (Å²) in [6.45, 7) is 6.91. The molecule has 86 valence electrons. The molecular weight excluding hydrogens is 203 g/mol. The summed E-state index contributed by atoms with van der Waals surface area (Å²) >= 11 is 0. The first-order valence-electron chi connectivity index (χ1n) is 5.57. The van der Waals surface area contributed by atoms with Crippen molar-refractivity contribution < 1.29 is 4.39 Å². The van der Waals surface area contributed by atoms with Gasteiger partial charge in [0.05, 0.1) is 0 Å². The van der Waals surface area contributed by atoms with Crippen molar-refractivity contribution in [2.45, 2.75) is 33.4 Å². The third-order valence-electron chi connectivity index (χ3n) is 2.65. The van der Waals surface area contributed by atoms with Crippen LogP contribution in [0.3, 0.4) is 0 Å². The first-order chi connectivity index (χ1) is 7.56. The van der Waals surface area contributed by atoms with Gasteiger partial charge in [-0.15, -0.1) is 0 Å². The maximum Gasteiger partial charge on any atom is 0.124 e. The smallest absolute Gasteiger partial charge is 0.124 e. The lowest BCUT2D eigenvalue weighted by Crippen LogP contribution is -2.21. The number of hydrogen-bond acceptors (Lipinski definition) is 1. The van der Waals surface area contributed by atoms with Gasteiger partial charge in [-0.3, -0.25) is 0 Å². The van der Waals surface area contributed by atoms with Gasteiger partial charge in [0.2, 0.25) is 0 Å². The zero-order valence-electron chi connectivity index (χ0n) is 9.89. The quantitative estimate of drug-likeness (QED) is 0.817. The highest BCUT2D eigenvalue weighted by molar-refractivity contribution is 5.83. The number of nitrogens with one attached hydrogen (secondary N) is 2. The number of fused-ring (bicyclic) bond motifs is 1. The van der Waals surface area contributed by atoms with Crippen molar-refractivity contribution in [2.75, 3.05) is 0 Å². The van der Waals surface area contributed by atoms with Crippen LogP contribution in [0.4, 0.5) is 4.39 Å². The number of aryl methyl sites for hydroxylation is 1. The van der Waals surface area contributed by atoms with Crippen LogP contribution in [0.1, 0.15) is 25.1 Å². The minimum atomic E-state index is -0.174. The van der Waals surface area contributed by atoms with Crippen LogP contribution in [0.25, 0.3) is 10.9 Å². The zero-order valence-corrected chi connectivity index (χ0v) is 9.89. The average Bonchev–Trinajstić information content (AvgIpc) is 2.57. The molecule has 1 aromatic heterocycles. The fourth-order valence-corrected chi connectivity index (χ4v) is 1.85. The lowest BCUT2D eigenvalue weighted by molar-refractivity contribution is 0.583. The fraction of sp³-hybridized carbons (Fsp3) is 0.385. The summed E-state index contributed by atoms with van der Waals surface area (Å²) in [4.78, 5) is 3.32. The second-order valence-electron chi connectivity index (χ2n) is 4.52. The van der Waals surface area contributed by atoms with Crippen LogP contribution in [0.15, 0.2) is 18.2 Å². The van der Waals surface area contributed by atoms with Crippen molar-refractivity contribution >= 4 is 10.9 Å². The van der Waals surface area contributed by atoms with E-state index in [2.05, 4.69) is 24.1 Å². The summed E-state index contributed by atoms with van der Waals surface area (Å²) in [5.41, 5.74) is 3.07. The Hall–Kier alpha value is -1.35. The van der Waals surface area contributed by atoms with Gasteiger partial charge >= 0.3 is 0 Å². The Morgan fingerprint density at radius 1 is 1.31 bits per heavy atom. The molecule has 0 fully saturated rings. The van der Waals surface area contributed by atoms with E-state index in [1.54, 1.807) is 12.1 Å². The monoisotopic (exact) mass is 220 g/mol. The highest BCUT2D eigenvalue weighted by Crippen LogP contribution is 2.20. The van der Waals surface area contributed by atoms with Crippen LogP contribution >= 0.6 is 0 Å². The molecule has 0 aliphatic heterocycles. The van der Waals surface area contributed by atoms with E-state index < -0.39 is 0 Å². The number of rotatable bonds is 3. The number of hydrogen-bond donors (Lipinski definition) is 2. The maximum absolute atomic E-state index is 13.2. The summed E-state index contributed by atoms with van der Waals surface area (Å²) < 4.78 is 13.2. The lowest BCUT2D eigenvalue weighted by atomic mass is 10.1. The van der Waals surface area contributed by atoms with Gasteiger partial charge < -0.3 is 10.3 Å². The van der Waals surface area contributed by atoms with E-state index in [1.165, 1.54) is 0 Å². The predicted molar refractivity (Wildman–Crippen MR) is 65.0 cm³/mol. The molecular formula is C13H17FN2. The summed E-state index contributed by atoms with van der Waals surface area (Å²) in [7, 11) is 0. The predicted octanol–water partition coefficient (Wildman–Crippen LogP) is 3.11. The fourth-order valence-electron chi connectivity index (χ4n) is 1.85. The van der Waals surface area contributed by atoms with E-state index >= 15 is 0 Å². The Bertz CT molecular complexity index is 500. The summed E-state index contributed by atoms with van der Waals surface area (Å²) in [6.07, 6.45) is 0. The highest BCUT2D eigenvalue weighted by atomic mass is 19.1. The maximum atomic E-state index is 13.2. The summed E-state index contributed by atoms with van der Waals surface area (Å²) in [5, 5.41) is 4.27. The normalized spacial score (nSPS) is 11.6. The molecule has 2 rings (SSSR count). The molecule has 1 heterocycles. The molecule has 1 aromatic carbocycles.